The Bertz CT molecular complexity index is 1200. The van der Waals surface area contributed by atoms with Gasteiger partial charge in [-0.25, -0.2) is 18.2 Å². The Labute approximate surface area is 237 Å². The van der Waals surface area contributed by atoms with E-state index in [0.717, 1.165) is 19.0 Å². The molecule has 2 saturated heterocycles. The number of nitrogens with one attached hydrogen (secondary N) is 3. The molecule has 0 aliphatic carbocycles. The summed E-state index contributed by atoms with van der Waals surface area (Å²) in [6.45, 7) is 8.64. The van der Waals surface area contributed by atoms with E-state index < -0.39 is 36.7 Å². The fraction of sp³-hybridized carbons (Fsp3) is 0.643. The minimum absolute atomic E-state index is 0.0000197. The lowest BCUT2D eigenvalue weighted by atomic mass is 9.79. The summed E-state index contributed by atoms with van der Waals surface area (Å²) >= 11 is 0. The molecule has 4 rings (SSSR count). The predicted octanol–water partition coefficient (Wildman–Crippen LogP) is 6.18. The summed E-state index contributed by atoms with van der Waals surface area (Å²) in [7, 11) is 0. The third-order valence-electron chi connectivity index (χ3n) is 7.25. The van der Waals surface area contributed by atoms with Crippen LogP contribution in [0, 0.1) is 5.82 Å². The van der Waals surface area contributed by atoms with Crippen LogP contribution in [0.15, 0.2) is 24.4 Å². The van der Waals surface area contributed by atoms with Crippen molar-refractivity contribution in [2.24, 2.45) is 0 Å². The minimum Gasteiger partial charge on any atom is -0.480 e. The van der Waals surface area contributed by atoms with E-state index in [1.54, 1.807) is 4.90 Å². The van der Waals surface area contributed by atoms with Crippen molar-refractivity contribution in [2.45, 2.75) is 103 Å². The molecule has 2 aromatic rings. The smallest absolute Gasteiger partial charge is 0.387 e. The summed E-state index contributed by atoms with van der Waals surface area (Å²) in [4.78, 5) is 9.85. The average molecular weight is 587 g/mol. The van der Waals surface area contributed by atoms with Crippen molar-refractivity contribution in [1.82, 2.24) is 20.2 Å². The fourth-order valence-electron chi connectivity index (χ4n) is 5.83. The highest BCUT2D eigenvalue weighted by molar-refractivity contribution is 5.60. The van der Waals surface area contributed by atoms with Gasteiger partial charge in [0.25, 0.3) is 5.92 Å². The Kier molecular flexibility index (Phi) is 8.89. The van der Waals surface area contributed by atoms with Gasteiger partial charge >= 0.3 is 6.61 Å². The molecule has 3 N–H and O–H groups in total. The van der Waals surface area contributed by atoms with Gasteiger partial charge in [0.1, 0.15) is 0 Å². The Balaban J connectivity index is 1.51. The van der Waals surface area contributed by atoms with Crippen molar-refractivity contribution >= 4 is 17.5 Å². The molecular formula is C28H39F5N6O2. The molecule has 0 radical (unpaired) electrons. The standard InChI is InChI=1S/C28H39F5N6O2/c1-16(2)39-10-9-22(28(32,33)15-39)40-20-8-7-17(11-21(20)41-24(30)31)36-25-34-14-19(29)23(37-25)35-18-12-26(3,4)38-27(5,6)13-18/h7-8,11,14,16,18,22,24,38H,9-10,12-13,15H2,1-6H3,(H2,34,35,36,37). The zero-order chi connectivity index (χ0) is 30.2. The van der Waals surface area contributed by atoms with Crippen molar-refractivity contribution in [1.29, 1.82) is 0 Å². The first-order valence-corrected chi connectivity index (χ1v) is 13.7. The second-order valence-corrected chi connectivity index (χ2v) is 12.4. The van der Waals surface area contributed by atoms with Crippen LogP contribution in [-0.4, -0.2) is 69.8 Å². The highest BCUT2D eigenvalue weighted by Crippen LogP contribution is 2.38. The topological polar surface area (TPSA) is 83.6 Å². The molecule has 1 aromatic heterocycles. The summed E-state index contributed by atoms with van der Waals surface area (Å²) in [6, 6.07) is 3.76. The molecule has 1 aromatic carbocycles. The van der Waals surface area contributed by atoms with E-state index in [1.807, 2.05) is 13.8 Å². The van der Waals surface area contributed by atoms with E-state index in [2.05, 4.69) is 58.4 Å². The van der Waals surface area contributed by atoms with Crippen molar-refractivity contribution in [3.8, 4) is 11.5 Å². The quantitative estimate of drug-likeness (QED) is 0.301. The minimum atomic E-state index is -3.22. The molecular weight excluding hydrogens is 547 g/mol. The van der Waals surface area contributed by atoms with Crippen LogP contribution >= 0.6 is 0 Å². The number of aromatic nitrogens is 2. The average Bonchev–Trinajstić information content (AvgIpc) is 2.81. The summed E-state index contributed by atoms with van der Waals surface area (Å²) in [5.74, 6) is -4.49. The monoisotopic (exact) mass is 586 g/mol. The number of hydrogen-bond acceptors (Lipinski definition) is 8. The number of piperidine rings is 2. The number of anilines is 3. The highest BCUT2D eigenvalue weighted by atomic mass is 19.3. The maximum atomic E-state index is 14.8. The molecule has 0 amide bonds. The van der Waals surface area contributed by atoms with Gasteiger partial charge in [0, 0.05) is 47.9 Å². The summed E-state index contributed by atoms with van der Waals surface area (Å²) in [5, 5.41) is 9.58. The van der Waals surface area contributed by atoms with Crippen LogP contribution in [0.1, 0.15) is 60.8 Å². The van der Waals surface area contributed by atoms with Crippen LogP contribution in [0.5, 0.6) is 11.5 Å². The van der Waals surface area contributed by atoms with Gasteiger partial charge in [-0.3, -0.25) is 4.90 Å². The van der Waals surface area contributed by atoms with Crippen LogP contribution in [0.4, 0.5) is 39.4 Å². The number of benzene rings is 1. The lowest BCUT2D eigenvalue weighted by Gasteiger charge is -2.46. The van der Waals surface area contributed by atoms with E-state index in [4.69, 9.17) is 4.74 Å². The number of ether oxygens (including phenoxy) is 2. The summed E-state index contributed by atoms with van der Waals surface area (Å²) in [5.41, 5.74) is -0.134. The molecule has 0 spiro atoms. The van der Waals surface area contributed by atoms with Gasteiger partial charge < -0.3 is 25.4 Å². The second-order valence-electron chi connectivity index (χ2n) is 12.4. The molecule has 8 nitrogen and oxygen atoms in total. The molecule has 13 heteroatoms. The largest absolute Gasteiger partial charge is 0.480 e. The van der Waals surface area contributed by atoms with Crippen molar-refractivity contribution in [3.05, 3.63) is 30.2 Å². The number of alkyl halides is 4. The molecule has 2 aliphatic heterocycles. The zero-order valence-corrected chi connectivity index (χ0v) is 24.2. The van der Waals surface area contributed by atoms with Gasteiger partial charge in [-0.05, 0) is 66.5 Å². The van der Waals surface area contributed by atoms with Gasteiger partial charge in [0.05, 0.1) is 12.7 Å². The molecule has 41 heavy (non-hydrogen) atoms. The predicted molar refractivity (Wildman–Crippen MR) is 147 cm³/mol. The maximum absolute atomic E-state index is 14.8. The van der Waals surface area contributed by atoms with E-state index in [1.165, 1.54) is 18.2 Å². The van der Waals surface area contributed by atoms with E-state index in [9.17, 15) is 22.0 Å². The number of nitrogens with zero attached hydrogens (tertiary/aromatic N) is 3. The lowest BCUT2D eigenvalue weighted by Crippen LogP contribution is -2.60. The van der Waals surface area contributed by atoms with Crippen LogP contribution in [0.3, 0.4) is 0 Å². The van der Waals surface area contributed by atoms with Gasteiger partial charge in [-0.2, -0.15) is 13.8 Å². The molecule has 1 atom stereocenters. The van der Waals surface area contributed by atoms with E-state index >= 15 is 0 Å². The highest BCUT2D eigenvalue weighted by Gasteiger charge is 2.47. The Morgan fingerprint density at radius 3 is 2.37 bits per heavy atom. The molecule has 228 valence electrons. The first-order valence-electron chi connectivity index (χ1n) is 13.7. The zero-order valence-electron chi connectivity index (χ0n) is 24.2. The molecule has 1 unspecified atom stereocenters. The van der Waals surface area contributed by atoms with Crippen molar-refractivity contribution < 1.29 is 31.4 Å². The lowest BCUT2D eigenvalue weighted by molar-refractivity contribution is -0.145. The maximum Gasteiger partial charge on any atom is 0.387 e. The second kappa shape index (κ2) is 11.7. The van der Waals surface area contributed by atoms with Gasteiger partial charge in [-0.15, -0.1) is 0 Å². The molecule has 2 aliphatic rings. The van der Waals surface area contributed by atoms with E-state index in [0.29, 0.717) is 6.54 Å². The summed E-state index contributed by atoms with van der Waals surface area (Å²) < 4.78 is 80.9. The number of rotatable bonds is 9. The number of hydrogen-bond donors (Lipinski definition) is 3. The van der Waals surface area contributed by atoms with Crippen LogP contribution in [0.2, 0.25) is 0 Å². The molecule has 0 bridgehead atoms. The van der Waals surface area contributed by atoms with Crippen molar-refractivity contribution in [3.63, 3.8) is 0 Å². The van der Waals surface area contributed by atoms with Crippen LogP contribution in [0.25, 0.3) is 0 Å². The van der Waals surface area contributed by atoms with Gasteiger partial charge in [0.2, 0.25) is 5.95 Å². The normalized spacial score (nSPS) is 22.5. The Morgan fingerprint density at radius 2 is 1.76 bits per heavy atom. The Hall–Kier alpha value is -2.93. The molecule has 0 saturated carbocycles. The SMILES string of the molecule is CC(C)N1CCC(Oc2ccc(Nc3ncc(F)c(NC4CC(C)(C)NC(C)(C)C4)n3)cc2OC(F)F)C(F)(F)C1. The van der Waals surface area contributed by atoms with Crippen molar-refractivity contribution in [2.75, 3.05) is 23.7 Å². The van der Waals surface area contributed by atoms with Gasteiger partial charge in [-0.1, -0.05) is 0 Å². The first-order chi connectivity index (χ1) is 19.0. The summed E-state index contributed by atoms with van der Waals surface area (Å²) in [6.07, 6.45) is 0.982. The molecule has 3 heterocycles. The van der Waals surface area contributed by atoms with Gasteiger partial charge in [0.15, 0.2) is 29.2 Å². The third kappa shape index (κ3) is 8.09. The van der Waals surface area contributed by atoms with E-state index in [-0.39, 0.29) is 52.8 Å². The first kappa shape index (κ1) is 31.0. The van der Waals surface area contributed by atoms with Crippen LogP contribution < -0.4 is 25.4 Å². The molecule has 2 fully saturated rings. The number of likely N-dealkylation sites (tertiary alicyclic amines) is 1. The fourth-order valence-corrected chi connectivity index (χ4v) is 5.83. The number of halogens is 5. The third-order valence-corrected chi connectivity index (χ3v) is 7.25. The van der Waals surface area contributed by atoms with Crippen LogP contribution in [-0.2, 0) is 0 Å². The Morgan fingerprint density at radius 1 is 1.07 bits per heavy atom.